The molecule has 0 aliphatic carbocycles. The van der Waals surface area contributed by atoms with E-state index in [1.54, 1.807) is 12.1 Å². The van der Waals surface area contributed by atoms with Crippen molar-refractivity contribution in [1.82, 2.24) is 0 Å². The molecule has 5 nitrogen and oxygen atoms in total. The Morgan fingerprint density at radius 3 is 2.32 bits per heavy atom. The van der Waals surface area contributed by atoms with E-state index in [0.717, 1.165) is 11.6 Å². The maximum absolute atomic E-state index is 12.3. The number of para-hydroxylation sites is 1. The zero-order chi connectivity index (χ0) is 16.2. The zero-order valence-corrected chi connectivity index (χ0v) is 12.9. The first-order valence-electron chi connectivity index (χ1n) is 6.54. The molecule has 0 aromatic heterocycles. The summed E-state index contributed by atoms with van der Waals surface area (Å²) < 4.78 is 27.2. The quantitative estimate of drug-likeness (QED) is 0.833. The van der Waals surface area contributed by atoms with E-state index in [1.165, 1.54) is 24.3 Å². The van der Waals surface area contributed by atoms with Crippen LogP contribution in [0.3, 0.4) is 0 Å². The number of aryl methyl sites for hydroxylation is 1. The molecule has 2 aromatic carbocycles. The first-order chi connectivity index (χ1) is 10.4. The number of carbonyl (C=O) groups excluding carboxylic acids is 1. The van der Waals surface area contributed by atoms with Crippen molar-refractivity contribution in [2.24, 2.45) is 0 Å². The first kappa shape index (κ1) is 15.8. The van der Waals surface area contributed by atoms with Crippen LogP contribution in [0, 0.1) is 6.92 Å². The van der Waals surface area contributed by atoms with Crippen LogP contribution in [0.5, 0.6) is 0 Å². The third kappa shape index (κ3) is 3.73. The Morgan fingerprint density at radius 1 is 1.09 bits per heavy atom. The molecule has 2 rings (SSSR count). The summed E-state index contributed by atoms with van der Waals surface area (Å²) in [5.41, 5.74) is 1.87. The minimum absolute atomic E-state index is 0.118. The van der Waals surface area contributed by atoms with Crippen molar-refractivity contribution in [3.05, 3.63) is 66.7 Å². The molecule has 0 fully saturated rings. The molecule has 0 saturated carbocycles. The van der Waals surface area contributed by atoms with Crippen LogP contribution >= 0.6 is 0 Å². The molecule has 0 aliphatic rings. The van der Waals surface area contributed by atoms with Gasteiger partial charge in [-0.15, -0.1) is 0 Å². The largest absolute Gasteiger partial charge is 0.323 e. The van der Waals surface area contributed by atoms with Crippen molar-refractivity contribution >= 4 is 27.3 Å². The highest BCUT2D eigenvalue weighted by molar-refractivity contribution is 7.92. The van der Waals surface area contributed by atoms with Gasteiger partial charge in [0.25, 0.3) is 10.0 Å². The van der Waals surface area contributed by atoms with E-state index in [2.05, 4.69) is 16.6 Å². The molecule has 22 heavy (non-hydrogen) atoms. The van der Waals surface area contributed by atoms with Crippen molar-refractivity contribution in [2.75, 3.05) is 10.0 Å². The summed E-state index contributed by atoms with van der Waals surface area (Å²) in [6, 6.07) is 13.0. The average molecular weight is 316 g/mol. The fourth-order valence-corrected chi connectivity index (χ4v) is 2.93. The third-order valence-electron chi connectivity index (χ3n) is 3.01. The second kappa shape index (κ2) is 6.44. The van der Waals surface area contributed by atoms with Crippen LogP contribution in [0.25, 0.3) is 0 Å². The molecule has 6 heteroatoms. The molecular formula is C16H16N2O3S. The van der Waals surface area contributed by atoms with E-state index < -0.39 is 10.0 Å². The van der Waals surface area contributed by atoms with Gasteiger partial charge in [-0.3, -0.25) is 9.52 Å². The maximum Gasteiger partial charge on any atom is 0.261 e. The first-order valence-corrected chi connectivity index (χ1v) is 8.02. The molecule has 0 unspecified atom stereocenters. The van der Waals surface area contributed by atoms with Crippen molar-refractivity contribution < 1.29 is 13.2 Å². The Kier molecular flexibility index (Phi) is 4.62. The van der Waals surface area contributed by atoms with Gasteiger partial charge in [0.15, 0.2) is 0 Å². The van der Waals surface area contributed by atoms with Crippen molar-refractivity contribution in [3.63, 3.8) is 0 Å². The average Bonchev–Trinajstić information content (AvgIpc) is 2.50. The molecule has 0 radical (unpaired) electrons. The molecule has 114 valence electrons. The van der Waals surface area contributed by atoms with E-state index in [9.17, 15) is 13.2 Å². The third-order valence-corrected chi connectivity index (χ3v) is 4.39. The fraction of sp³-hybridized carbons (Fsp3) is 0.0625. The van der Waals surface area contributed by atoms with E-state index in [0.29, 0.717) is 11.4 Å². The lowest BCUT2D eigenvalue weighted by Crippen LogP contribution is -2.14. The second-order valence-electron chi connectivity index (χ2n) is 4.64. The van der Waals surface area contributed by atoms with Crippen LogP contribution in [0.1, 0.15) is 5.56 Å². The van der Waals surface area contributed by atoms with Crippen LogP contribution in [-0.2, 0) is 14.8 Å². The highest BCUT2D eigenvalue weighted by Crippen LogP contribution is 2.20. The number of rotatable bonds is 5. The summed E-state index contributed by atoms with van der Waals surface area (Å²) in [4.78, 5) is 11.3. The number of carbonyl (C=O) groups is 1. The van der Waals surface area contributed by atoms with Gasteiger partial charge in [-0.2, -0.15) is 0 Å². The lowest BCUT2D eigenvalue weighted by atomic mass is 10.2. The fourth-order valence-electron chi connectivity index (χ4n) is 1.80. The van der Waals surface area contributed by atoms with E-state index in [4.69, 9.17) is 0 Å². The monoisotopic (exact) mass is 316 g/mol. The molecule has 0 heterocycles. The Balaban J connectivity index is 2.21. The molecule has 0 bridgehead atoms. The minimum atomic E-state index is -3.67. The molecule has 2 aromatic rings. The van der Waals surface area contributed by atoms with Gasteiger partial charge in [0.1, 0.15) is 0 Å². The maximum atomic E-state index is 12.3. The summed E-state index contributed by atoms with van der Waals surface area (Å²) >= 11 is 0. The van der Waals surface area contributed by atoms with Crippen LogP contribution in [0.15, 0.2) is 66.1 Å². The van der Waals surface area contributed by atoms with E-state index in [-0.39, 0.29) is 10.8 Å². The van der Waals surface area contributed by atoms with Gasteiger partial charge in [0.05, 0.1) is 10.6 Å². The summed E-state index contributed by atoms with van der Waals surface area (Å²) in [5.74, 6) is -0.353. The number of amides is 1. The molecule has 2 N–H and O–H groups in total. The van der Waals surface area contributed by atoms with Crippen LogP contribution in [0.4, 0.5) is 11.4 Å². The van der Waals surface area contributed by atoms with Crippen LogP contribution < -0.4 is 10.0 Å². The van der Waals surface area contributed by atoms with E-state index >= 15 is 0 Å². The van der Waals surface area contributed by atoms with E-state index in [1.807, 2.05) is 19.1 Å². The van der Waals surface area contributed by atoms with Gasteiger partial charge in [-0.25, -0.2) is 8.42 Å². The van der Waals surface area contributed by atoms with Crippen molar-refractivity contribution in [2.45, 2.75) is 11.8 Å². The molecule has 0 atom stereocenters. The highest BCUT2D eigenvalue weighted by atomic mass is 32.2. The van der Waals surface area contributed by atoms with Gasteiger partial charge in [-0.05, 0) is 48.9 Å². The Labute approximate surface area is 129 Å². The molecule has 0 aliphatic heterocycles. The predicted octanol–water partition coefficient (Wildman–Crippen LogP) is 2.92. The number of hydrogen-bond donors (Lipinski definition) is 2. The number of hydrogen-bond acceptors (Lipinski definition) is 3. The van der Waals surface area contributed by atoms with Crippen LogP contribution in [0.2, 0.25) is 0 Å². The topological polar surface area (TPSA) is 75.3 Å². The Bertz CT molecular complexity index is 796. The van der Waals surface area contributed by atoms with Crippen molar-refractivity contribution in [1.29, 1.82) is 0 Å². The number of anilines is 2. The lowest BCUT2D eigenvalue weighted by Gasteiger charge is -2.11. The summed E-state index contributed by atoms with van der Waals surface area (Å²) in [5, 5.41) is 2.56. The van der Waals surface area contributed by atoms with Gasteiger partial charge < -0.3 is 5.32 Å². The van der Waals surface area contributed by atoms with Crippen LogP contribution in [-0.4, -0.2) is 14.3 Å². The number of sulfonamides is 1. The smallest absolute Gasteiger partial charge is 0.261 e. The Morgan fingerprint density at radius 2 is 1.73 bits per heavy atom. The number of nitrogens with one attached hydrogen (secondary N) is 2. The second-order valence-corrected chi connectivity index (χ2v) is 6.32. The molecule has 1 amide bonds. The summed E-state index contributed by atoms with van der Waals surface area (Å²) in [6.45, 7) is 5.18. The lowest BCUT2D eigenvalue weighted by molar-refractivity contribution is -0.111. The predicted molar refractivity (Wildman–Crippen MR) is 87.3 cm³/mol. The minimum Gasteiger partial charge on any atom is -0.323 e. The molecular weight excluding hydrogens is 300 g/mol. The van der Waals surface area contributed by atoms with Crippen molar-refractivity contribution in [3.8, 4) is 0 Å². The SMILES string of the molecule is C=CC(=O)Nc1ccc(S(=O)(=O)Nc2ccccc2C)cc1. The Hall–Kier alpha value is -2.60. The summed E-state index contributed by atoms with van der Waals surface area (Å²) in [7, 11) is -3.67. The standard InChI is InChI=1S/C16H16N2O3S/c1-3-16(19)17-13-8-10-14(11-9-13)22(20,21)18-15-7-5-4-6-12(15)2/h3-11,18H,1H2,2H3,(H,17,19). The highest BCUT2D eigenvalue weighted by Gasteiger charge is 2.15. The van der Waals surface area contributed by atoms with Gasteiger partial charge in [0, 0.05) is 5.69 Å². The summed E-state index contributed by atoms with van der Waals surface area (Å²) in [6.07, 6.45) is 1.14. The molecule has 0 spiro atoms. The molecule has 0 saturated heterocycles. The van der Waals surface area contributed by atoms with Gasteiger partial charge in [0.2, 0.25) is 5.91 Å². The van der Waals surface area contributed by atoms with Gasteiger partial charge >= 0.3 is 0 Å². The number of benzene rings is 2. The zero-order valence-electron chi connectivity index (χ0n) is 12.0. The normalized spacial score (nSPS) is 10.8. The van der Waals surface area contributed by atoms with Gasteiger partial charge in [-0.1, -0.05) is 24.8 Å².